The minimum Gasteiger partial charge on any atom is -0.466 e. The van der Waals surface area contributed by atoms with Gasteiger partial charge in [0.2, 0.25) is 0 Å². The van der Waals surface area contributed by atoms with Gasteiger partial charge in [0.05, 0.1) is 12.8 Å². The smallest absolute Gasteiger partial charge is 0.191 e. The molecule has 6 nitrogen and oxygen atoms in total. The number of furan rings is 1. The molecule has 134 valence electrons. The Morgan fingerprint density at radius 2 is 2.29 bits per heavy atom. The van der Waals surface area contributed by atoms with Crippen molar-refractivity contribution in [1.29, 1.82) is 0 Å². The van der Waals surface area contributed by atoms with Gasteiger partial charge in [-0.1, -0.05) is 0 Å². The molecule has 2 aliphatic rings. The first-order valence-electron chi connectivity index (χ1n) is 9.06. The van der Waals surface area contributed by atoms with Gasteiger partial charge < -0.3 is 20.2 Å². The maximum Gasteiger partial charge on any atom is 0.191 e. The molecule has 3 N–H and O–H groups in total. The van der Waals surface area contributed by atoms with E-state index in [0.29, 0.717) is 17.8 Å². The Balaban J connectivity index is 1.59. The molecule has 1 aliphatic heterocycles. The quantitative estimate of drug-likeness (QED) is 0.545. The minimum atomic E-state index is -1.10. The topological polar surface area (TPSA) is 73.0 Å². The van der Waals surface area contributed by atoms with E-state index in [0.717, 1.165) is 31.5 Å². The first-order chi connectivity index (χ1) is 11.5. The van der Waals surface area contributed by atoms with Crippen molar-refractivity contribution in [2.24, 2.45) is 4.99 Å². The predicted molar refractivity (Wildman–Crippen MR) is 95.0 cm³/mol. The molecular formula is C18H30N4O2. The van der Waals surface area contributed by atoms with Crippen molar-refractivity contribution in [3.05, 3.63) is 24.2 Å². The van der Waals surface area contributed by atoms with Gasteiger partial charge in [-0.15, -0.1) is 0 Å². The summed E-state index contributed by atoms with van der Waals surface area (Å²) in [7, 11) is 0. The van der Waals surface area contributed by atoms with Crippen LogP contribution in [-0.4, -0.2) is 53.7 Å². The van der Waals surface area contributed by atoms with E-state index >= 15 is 0 Å². The van der Waals surface area contributed by atoms with E-state index < -0.39 is 5.60 Å². The molecular weight excluding hydrogens is 304 g/mol. The van der Waals surface area contributed by atoms with Gasteiger partial charge in [-0.3, -0.25) is 4.90 Å². The Bertz CT molecular complexity index is 551. The lowest BCUT2D eigenvalue weighted by molar-refractivity contribution is 0.0436. The van der Waals surface area contributed by atoms with Crippen molar-refractivity contribution >= 4 is 5.96 Å². The molecule has 0 radical (unpaired) electrons. The summed E-state index contributed by atoms with van der Waals surface area (Å²) >= 11 is 0. The van der Waals surface area contributed by atoms with E-state index in [-0.39, 0.29) is 6.54 Å². The molecule has 6 heteroatoms. The normalized spacial score (nSPS) is 27.9. The average Bonchev–Trinajstić information content (AvgIpc) is 3.07. The highest BCUT2D eigenvalue weighted by molar-refractivity contribution is 5.80. The van der Waals surface area contributed by atoms with Crippen molar-refractivity contribution in [3.8, 4) is 0 Å². The molecule has 0 aromatic carbocycles. The minimum absolute atomic E-state index is 0.254. The number of rotatable bonds is 6. The van der Waals surface area contributed by atoms with Crippen molar-refractivity contribution < 1.29 is 9.52 Å². The second-order valence-electron chi connectivity index (χ2n) is 7.30. The fourth-order valence-electron chi connectivity index (χ4n) is 3.49. The van der Waals surface area contributed by atoms with Crippen molar-refractivity contribution in [2.75, 3.05) is 19.6 Å². The number of guanidine groups is 1. The zero-order valence-electron chi connectivity index (χ0n) is 15.0. The molecule has 1 saturated carbocycles. The van der Waals surface area contributed by atoms with Crippen molar-refractivity contribution in [2.45, 2.75) is 63.8 Å². The highest BCUT2D eigenvalue weighted by atomic mass is 16.4. The summed E-state index contributed by atoms with van der Waals surface area (Å²) < 4.78 is 5.32. The van der Waals surface area contributed by atoms with E-state index in [1.807, 2.05) is 0 Å². The van der Waals surface area contributed by atoms with Gasteiger partial charge in [-0.25, -0.2) is 4.99 Å². The van der Waals surface area contributed by atoms with Crippen LogP contribution in [0.2, 0.25) is 0 Å². The third kappa shape index (κ3) is 4.11. The summed E-state index contributed by atoms with van der Waals surface area (Å²) in [5, 5.41) is 17.4. The average molecular weight is 334 g/mol. The number of nitrogens with one attached hydrogen (secondary N) is 2. The molecule has 1 aliphatic carbocycles. The van der Waals surface area contributed by atoms with E-state index in [1.165, 1.54) is 12.8 Å². The number of likely N-dealkylation sites (tertiary alicyclic amines) is 1. The molecule has 2 fully saturated rings. The molecule has 0 bridgehead atoms. The van der Waals surface area contributed by atoms with Crippen molar-refractivity contribution in [1.82, 2.24) is 15.5 Å². The van der Waals surface area contributed by atoms with Gasteiger partial charge in [0.15, 0.2) is 5.96 Å². The van der Waals surface area contributed by atoms with Crippen LogP contribution in [0, 0.1) is 0 Å². The zero-order chi connectivity index (χ0) is 17.2. The highest BCUT2D eigenvalue weighted by Gasteiger charge is 2.39. The molecule has 3 atom stereocenters. The summed E-state index contributed by atoms with van der Waals surface area (Å²) in [5.41, 5.74) is -1.10. The molecule has 3 rings (SSSR count). The lowest BCUT2D eigenvalue weighted by atomic mass is 10.0. The Hall–Kier alpha value is -1.53. The number of aliphatic imine (C=N–C) groups is 1. The van der Waals surface area contributed by atoms with Gasteiger partial charge in [-0.2, -0.15) is 0 Å². The fraction of sp³-hybridized carbons (Fsp3) is 0.722. The van der Waals surface area contributed by atoms with Crippen LogP contribution < -0.4 is 10.6 Å². The summed E-state index contributed by atoms with van der Waals surface area (Å²) in [5.74, 6) is 1.30. The SMILES string of the molecule is CCNC(=NCC(C)(O)c1ccco1)NC1CC(C)N(C2CC2)C1. The summed E-state index contributed by atoms with van der Waals surface area (Å²) in [6.07, 6.45) is 5.40. The molecule has 0 spiro atoms. The van der Waals surface area contributed by atoms with Crippen molar-refractivity contribution in [3.63, 3.8) is 0 Å². The number of hydrogen-bond acceptors (Lipinski definition) is 4. The maximum atomic E-state index is 10.6. The first-order valence-corrected chi connectivity index (χ1v) is 9.06. The molecule has 3 unspecified atom stereocenters. The van der Waals surface area contributed by atoms with Gasteiger partial charge in [0.1, 0.15) is 11.4 Å². The Morgan fingerprint density at radius 1 is 1.50 bits per heavy atom. The van der Waals surface area contributed by atoms with E-state index in [1.54, 1.807) is 25.3 Å². The van der Waals surface area contributed by atoms with Crippen LogP contribution >= 0.6 is 0 Å². The molecule has 1 saturated heterocycles. The van der Waals surface area contributed by atoms with Crippen LogP contribution in [0.25, 0.3) is 0 Å². The van der Waals surface area contributed by atoms with E-state index in [2.05, 4.69) is 34.4 Å². The Morgan fingerprint density at radius 3 is 2.92 bits per heavy atom. The van der Waals surface area contributed by atoms with Crippen LogP contribution in [0.1, 0.15) is 45.8 Å². The maximum absolute atomic E-state index is 10.6. The van der Waals surface area contributed by atoms with E-state index in [9.17, 15) is 5.11 Å². The fourth-order valence-corrected chi connectivity index (χ4v) is 3.49. The third-order valence-corrected chi connectivity index (χ3v) is 4.92. The monoisotopic (exact) mass is 334 g/mol. The van der Waals surface area contributed by atoms with Gasteiger partial charge >= 0.3 is 0 Å². The molecule has 1 aromatic heterocycles. The predicted octanol–water partition coefficient (Wildman–Crippen LogP) is 1.67. The molecule has 2 heterocycles. The highest BCUT2D eigenvalue weighted by Crippen LogP contribution is 2.33. The standard InChI is InChI=1S/C18H30N4O2/c1-4-19-17(20-12-18(3,23)16-6-5-9-24-16)21-14-10-13(2)22(11-14)15-7-8-15/h5-6,9,13-15,23H,4,7-8,10-12H2,1-3H3,(H2,19,20,21). The lowest BCUT2D eigenvalue weighted by Gasteiger charge is -2.22. The number of nitrogens with zero attached hydrogens (tertiary/aromatic N) is 2. The van der Waals surface area contributed by atoms with Crippen LogP contribution in [0.15, 0.2) is 27.8 Å². The number of hydrogen-bond donors (Lipinski definition) is 3. The van der Waals surface area contributed by atoms with Crippen LogP contribution in [0.5, 0.6) is 0 Å². The molecule has 1 aromatic rings. The summed E-state index contributed by atoms with van der Waals surface area (Å²) in [4.78, 5) is 7.19. The second kappa shape index (κ2) is 7.15. The Labute approximate surface area is 144 Å². The first kappa shape index (κ1) is 17.3. The zero-order valence-corrected chi connectivity index (χ0v) is 15.0. The summed E-state index contributed by atoms with van der Waals surface area (Å²) in [6, 6.07) is 5.40. The largest absolute Gasteiger partial charge is 0.466 e. The van der Waals surface area contributed by atoms with Crippen LogP contribution in [0.3, 0.4) is 0 Å². The second-order valence-corrected chi connectivity index (χ2v) is 7.30. The molecule has 0 amide bonds. The Kier molecular flexibility index (Phi) is 5.15. The van der Waals surface area contributed by atoms with E-state index in [4.69, 9.17) is 4.42 Å². The van der Waals surface area contributed by atoms with Gasteiger partial charge in [0, 0.05) is 31.2 Å². The van der Waals surface area contributed by atoms with Crippen LogP contribution in [-0.2, 0) is 5.60 Å². The summed E-state index contributed by atoms with van der Waals surface area (Å²) in [6.45, 7) is 8.21. The molecule has 24 heavy (non-hydrogen) atoms. The van der Waals surface area contributed by atoms with Crippen LogP contribution in [0.4, 0.5) is 0 Å². The lowest BCUT2D eigenvalue weighted by Crippen LogP contribution is -2.45. The van der Waals surface area contributed by atoms with Gasteiger partial charge in [0.25, 0.3) is 0 Å². The van der Waals surface area contributed by atoms with Gasteiger partial charge in [-0.05, 0) is 52.2 Å². The number of aliphatic hydroxyl groups is 1. The third-order valence-electron chi connectivity index (χ3n) is 4.92.